The molecule has 126 valence electrons. The highest BCUT2D eigenvalue weighted by molar-refractivity contribution is 5.75. The number of urea groups is 1. The van der Waals surface area contributed by atoms with Crippen LogP contribution in [0.15, 0.2) is 43.0 Å². The average Bonchev–Trinajstić information content (AvgIpc) is 3.09. The first-order valence-corrected chi connectivity index (χ1v) is 7.96. The van der Waals surface area contributed by atoms with Gasteiger partial charge in [0.25, 0.3) is 0 Å². The lowest BCUT2D eigenvalue weighted by Crippen LogP contribution is -2.43. The molecule has 2 unspecified atom stereocenters. The number of aryl methyl sites for hydroxylation is 1. The van der Waals surface area contributed by atoms with Gasteiger partial charge in [0.15, 0.2) is 0 Å². The maximum atomic E-state index is 12.2. The molecule has 2 atom stereocenters. The molecule has 0 spiro atoms. The summed E-state index contributed by atoms with van der Waals surface area (Å²) in [5, 5.41) is 14.3. The fraction of sp³-hybridized carbons (Fsp3) is 0.353. The van der Waals surface area contributed by atoms with Crippen molar-refractivity contribution in [3.8, 4) is 0 Å². The normalized spacial score (nSPS) is 19.3. The van der Waals surface area contributed by atoms with E-state index in [1.807, 2.05) is 29.0 Å². The van der Waals surface area contributed by atoms with Gasteiger partial charge < -0.3 is 20.3 Å². The maximum Gasteiger partial charge on any atom is 0.315 e. The zero-order valence-electron chi connectivity index (χ0n) is 13.2. The molecule has 1 heterocycles. The lowest BCUT2D eigenvalue weighted by Gasteiger charge is -2.35. The number of fused-ring (bicyclic) bond motifs is 1. The van der Waals surface area contributed by atoms with E-state index in [1.165, 1.54) is 5.56 Å². The SMILES string of the molecule is O=C(O)CCNC(=O)NC1c2ccccc2CCC1n1ccnc1. The molecule has 0 radical (unpaired) electrons. The smallest absolute Gasteiger partial charge is 0.315 e. The Morgan fingerprint density at radius 1 is 1.33 bits per heavy atom. The minimum atomic E-state index is -0.936. The number of carbonyl (C=O) groups excluding carboxylic acids is 1. The van der Waals surface area contributed by atoms with E-state index in [-0.39, 0.29) is 31.1 Å². The molecule has 1 aromatic heterocycles. The van der Waals surface area contributed by atoms with Crippen LogP contribution in [0.25, 0.3) is 0 Å². The summed E-state index contributed by atoms with van der Waals surface area (Å²) in [4.78, 5) is 26.8. The minimum Gasteiger partial charge on any atom is -0.481 e. The summed E-state index contributed by atoms with van der Waals surface area (Å²) in [7, 11) is 0. The molecule has 2 aromatic rings. The number of rotatable bonds is 5. The Morgan fingerprint density at radius 3 is 2.92 bits per heavy atom. The van der Waals surface area contributed by atoms with Crippen molar-refractivity contribution in [2.45, 2.75) is 31.3 Å². The highest BCUT2D eigenvalue weighted by atomic mass is 16.4. The fourth-order valence-corrected chi connectivity index (χ4v) is 3.18. The molecular weight excluding hydrogens is 308 g/mol. The van der Waals surface area contributed by atoms with Crippen LogP contribution in [0.2, 0.25) is 0 Å². The van der Waals surface area contributed by atoms with Crippen molar-refractivity contribution in [3.63, 3.8) is 0 Å². The molecule has 1 aliphatic carbocycles. The summed E-state index contributed by atoms with van der Waals surface area (Å²) in [6.07, 6.45) is 7.13. The number of benzene rings is 1. The van der Waals surface area contributed by atoms with Gasteiger partial charge in [0, 0.05) is 18.9 Å². The Labute approximate surface area is 139 Å². The first-order valence-electron chi connectivity index (χ1n) is 7.96. The van der Waals surface area contributed by atoms with Crippen molar-refractivity contribution < 1.29 is 14.7 Å². The number of hydrogen-bond donors (Lipinski definition) is 3. The van der Waals surface area contributed by atoms with Crippen LogP contribution in [-0.4, -0.2) is 33.2 Å². The zero-order valence-corrected chi connectivity index (χ0v) is 13.2. The Bertz CT molecular complexity index is 714. The van der Waals surface area contributed by atoms with E-state index in [0.717, 1.165) is 18.4 Å². The van der Waals surface area contributed by atoms with Gasteiger partial charge in [-0.2, -0.15) is 0 Å². The van der Waals surface area contributed by atoms with E-state index in [9.17, 15) is 9.59 Å². The third-order valence-electron chi connectivity index (χ3n) is 4.30. The molecule has 3 rings (SSSR count). The predicted octanol–water partition coefficient (Wildman–Crippen LogP) is 1.89. The molecular formula is C17H20N4O3. The van der Waals surface area contributed by atoms with Crippen molar-refractivity contribution >= 4 is 12.0 Å². The van der Waals surface area contributed by atoms with Crippen LogP contribution in [0, 0.1) is 0 Å². The molecule has 0 bridgehead atoms. The number of nitrogens with zero attached hydrogens (tertiary/aromatic N) is 2. The Balaban J connectivity index is 1.77. The van der Waals surface area contributed by atoms with Crippen LogP contribution < -0.4 is 10.6 Å². The minimum absolute atomic E-state index is 0.0765. The van der Waals surface area contributed by atoms with Gasteiger partial charge in [-0.15, -0.1) is 0 Å². The quantitative estimate of drug-likeness (QED) is 0.781. The summed E-state index contributed by atoms with van der Waals surface area (Å²) in [6, 6.07) is 7.61. The molecule has 1 aliphatic rings. The molecule has 24 heavy (non-hydrogen) atoms. The van der Waals surface area contributed by atoms with Crippen LogP contribution in [0.1, 0.15) is 36.1 Å². The van der Waals surface area contributed by atoms with E-state index in [1.54, 1.807) is 12.5 Å². The van der Waals surface area contributed by atoms with Gasteiger partial charge in [0.1, 0.15) is 0 Å². The summed E-state index contributed by atoms with van der Waals surface area (Å²) in [5.41, 5.74) is 2.32. The monoisotopic (exact) mass is 328 g/mol. The number of carboxylic acids is 1. The van der Waals surface area contributed by atoms with E-state index in [0.29, 0.717) is 0 Å². The van der Waals surface area contributed by atoms with Gasteiger partial charge in [-0.05, 0) is 24.0 Å². The largest absolute Gasteiger partial charge is 0.481 e. The third-order valence-corrected chi connectivity index (χ3v) is 4.30. The number of amides is 2. The molecule has 0 saturated carbocycles. The molecule has 7 nitrogen and oxygen atoms in total. The van der Waals surface area contributed by atoms with E-state index >= 15 is 0 Å². The Hall–Kier alpha value is -2.83. The van der Waals surface area contributed by atoms with Gasteiger partial charge in [0.05, 0.1) is 24.8 Å². The molecule has 3 N–H and O–H groups in total. The number of hydrogen-bond acceptors (Lipinski definition) is 3. The number of aliphatic carboxylic acids is 1. The number of carboxylic acid groups (broad SMARTS) is 1. The molecule has 0 fully saturated rings. The second-order valence-corrected chi connectivity index (χ2v) is 5.84. The molecule has 7 heteroatoms. The summed E-state index contributed by atoms with van der Waals surface area (Å²) in [5.74, 6) is -0.936. The summed E-state index contributed by atoms with van der Waals surface area (Å²) in [6.45, 7) is 0.102. The summed E-state index contributed by atoms with van der Waals surface area (Å²) < 4.78 is 2.01. The zero-order chi connectivity index (χ0) is 16.9. The summed E-state index contributed by atoms with van der Waals surface area (Å²) >= 11 is 0. The first kappa shape index (κ1) is 16.0. The van der Waals surface area contributed by atoms with Gasteiger partial charge in [0.2, 0.25) is 0 Å². The van der Waals surface area contributed by atoms with E-state index < -0.39 is 5.97 Å². The number of nitrogens with one attached hydrogen (secondary N) is 2. The maximum absolute atomic E-state index is 12.2. The van der Waals surface area contributed by atoms with Crippen LogP contribution in [0.5, 0.6) is 0 Å². The van der Waals surface area contributed by atoms with Gasteiger partial charge >= 0.3 is 12.0 Å². The van der Waals surface area contributed by atoms with Crippen molar-refractivity contribution in [2.24, 2.45) is 0 Å². The number of carbonyl (C=O) groups is 2. The second kappa shape index (κ2) is 7.16. The van der Waals surface area contributed by atoms with Crippen molar-refractivity contribution in [3.05, 3.63) is 54.1 Å². The average molecular weight is 328 g/mol. The van der Waals surface area contributed by atoms with E-state index in [2.05, 4.69) is 21.7 Å². The topological polar surface area (TPSA) is 96.3 Å². The highest BCUT2D eigenvalue weighted by Crippen LogP contribution is 2.37. The fourth-order valence-electron chi connectivity index (χ4n) is 3.18. The lowest BCUT2D eigenvalue weighted by molar-refractivity contribution is -0.136. The Kier molecular flexibility index (Phi) is 4.79. The first-order chi connectivity index (χ1) is 11.6. The van der Waals surface area contributed by atoms with Crippen LogP contribution in [-0.2, 0) is 11.2 Å². The second-order valence-electron chi connectivity index (χ2n) is 5.84. The van der Waals surface area contributed by atoms with Gasteiger partial charge in [-0.3, -0.25) is 4.79 Å². The van der Waals surface area contributed by atoms with Gasteiger partial charge in [-0.1, -0.05) is 24.3 Å². The Morgan fingerprint density at radius 2 is 2.17 bits per heavy atom. The third kappa shape index (κ3) is 3.56. The molecule has 0 aliphatic heterocycles. The number of aromatic nitrogens is 2. The van der Waals surface area contributed by atoms with Crippen molar-refractivity contribution in [1.82, 2.24) is 20.2 Å². The molecule has 2 amide bonds. The van der Waals surface area contributed by atoms with Crippen molar-refractivity contribution in [1.29, 1.82) is 0 Å². The van der Waals surface area contributed by atoms with Crippen LogP contribution >= 0.6 is 0 Å². The molecule has 1 aromatic carbocycles. The highest BCUT2D eigenvalue weighted by Gasteiger charge is 2.31. The predicted molar refractivity (Wildman–Crippen MR) is 87.6 cm³/mol. The molecule has 0 saturated heterocycles. The van der Waals surface area contributed by atoms with E-state index in [4.69, 9.17) is 5.11 Å². The van der Waals surface area contributed by atoms with Crippen LogP contribution in [0.3, 0.4) is 0 Å². The van der Waals surface area contributed by atoms with Crippen molar-refractivity contribution in [2.75, 3.05) is 6.54 Å². The lowest BCUT2D eigenvalue weighted by atomic mass is 9.84. The van der Waals surface area contributed by atoms with Crippen LogP contribution in [0.4, 0.5) is 4.79 Å². The standard InChI is InChI=1S/C17H20N4O3/c22-15(23)7-8-19-17(24)20-16-13-4-2-1-3-12(13)5-6-14(16)21-10-9-18-11-21/h1-4,9-11,14,16H,5-8H2,(H,22,23)(H2,19,20,24). The van der Waals surface area contributed by atoms with Gasteiger partial charge in [-0.25, -0.2) is 9.78 Å². The number of imidazole rings is 1.